The third kappa shape index (κ3) is 5.49. The number of hydrogen-bond acceptors (Lipinski definition) is 6. The summed E-state index contributed by atoms with van der Waals surface area (Å²) in [4.78, 5) is 18.8. The topological polar surface area (TPSA) is 100 Å². The van der Waals surface area contributed by atoms with Crippen LogP contribution in [0.4, 0.5) is 4.39 Å². The highest BCUT2D eigenvalue weighted by atomic mass is 32.2. The smallest absolute Gasteiger partial charge is 0.248 e. The summed E-state index contributed by atoms with van der Waals surface area (Å²) >= 11 is 0. The molecule has 1 atom stereocenters. The third-order valence-electron chi connectivity index (χ3n) is 7.35. The van der Waals surface area contributed by atoms with E-state index in [0.29, 0.717) is 38.0 Å². The molecule has 38 heavy (non-hydrogen) atoms. The van der Waals surface area contributed by atoms with E-state index in [0.717, 1.165) is 23.3 Å². The maximum absolute atomic E-state index is 13.5. The van der Waals surface area contributed by atoms with Crippen LogP contribution in [-0.4, -0.2) is 66.0 Å². The Bertz CT molecular complexity index is 1380. The molecule has 1 N–H and O–H groups in total. The van der Waals surface area contributed by atoms with Gasteiger partial charge in [0.25, 0.3) is 0 Å². The fraction of sp³-hybridized carbons (Fsp3) is 0.357. The molecule has 3 aromatic rings. The number of carbonyl (C=O) groups excluding carboxylic acids is 1. The van der Waals surface area contributed by atoms with E-state index >= 15 is 0 Å². The highest BCUT2D eigenvalue weighted by Crippen LogP contribution is 2.32. The summed E-state index contributed by atoms with van der Waals surface area (Å²) in [5.41, 5.74) is 1.47. The van der Waals surface area contributed by atoms with Crippen LogP contribution in [0.3, 0.4) is 0 Å². The predicted octanol–water partition coefficient (Wildman–Crippen LogP) is 2.86. The lowest BCUT2D eigenvalue weighted by molar-refractivity contribution is -0.141. The van der Waals surface area contributed by atoms with Gasteiger partial charge in [-0.15, -0.1) is 0 Å². The summed E-state index contributed by atoms with van der Waals surface area (Å²) in [6, 6.07) is 17.3. The molecule has 0 bridgehead atoms. The van der Waals surface area contributed by atoms with E-state index in [-0.39, 0.29) is 30.6 Å². The van der Waals surface area contributed by atoms with E-state index in [1.807, 2.05) is 30.3 Å². The van der Waals surface area contributed by atoms with E-state index < -0.39 is 27.5 Å². The van der Waals surface area contributed by atoms with Crippen LogP contribution in [0.2, 0.25) is 0 Å². The zero-order chi connectivity index (χ0) is 26.8. The molecule has 2 aromatic carbocycles. The lowest BCUT2D eigenvalue weighted by Crippen LogP contribution is -2.48. The Hall–Kier alpha value is -3.18. The van der Waals surface area contributed by atoms with Crippen LogP contribution in [0, 0.1) is 5.82 Å². The molecule has 0 radical (unpaired) electrons. The van der Waals surface area contributed by atoms with Gasteiger partial charge < -0.3 is 14.7 Å². The number of nitrogens with zero attached hydrogens (tertiary/aromatic N) is 3. The van der Waals surface area contributed by atoms with E-state index in [9.17, 15) is 22.7 Å². The molecule has 200 valence electrons. The van der Waals surface area contributed by atoms with E-state index in [2.05, 4.69) is 4.98 Å². The SMILES string of the molecule is O=C(COCC1Cc2ccccc2CN1S(=O)(=O)c1ccc(F)cc1)N1CCC(O)(c2ccccn2)CC1. The van der Waals surface area contributed by atoms with Crippen molar-refractivity contribution >= 4 is 15.9 Å². The Morgan fingerprint density at radius 3 is 2.39 bits per heavy atom. The molecule has 3 heterocycles. The van der Waals surface area contributed by atoms with Gasteiger partial charge in [-0.3, -0.25) is 9.78 Å². The molecule has 5 rings (SSSR count). The van der Waals surface area contributed by atoms with Crippen molar-refractivity contribution in [3.8, 4) is 0 Å². The fourth-order valence-electron chi connectivity index (χ4n) is 5.12. The number of benzene rings is 2. The number of amides is 1. The number of pyridine rings is 1. The summed E-state index contributed by atoms with van der Waals surface area (Å²) < 4.78 is 47.6. The Labute approximate surface area is 221 Å². The number of likely N-dealkylation sites (tertiary alicyclic amines) is 1. The highest BCUT2D eigenvalue weighted by molar-refractivity contribution is 7.89. The predicted molar refractivity (Wildman–Crippen MR) is 138 cm³/mol. The maximum Gasteiger partial charge on any atom is 0.248 e. The van der Waals surface area contributed by atoms with Crippen LogP contribution in [0.15, 0.2) is 77.8 Å². The van der Waals surface area contributed by atoms with Crippen LogP contribution in [0.5, 0.6) is 0 Å². The van der Waals surface area contributed by atoms with Crippen LogP contribution < -0.4 is 0 Å². The van der Waals surface area contributed by atoms with E-state index in [1.54, 1.807) is 23.2 Å². The molecule has 1 unspecified atom stereocenters. The molecular weight excluding hydrogens is 509 g/mol. The molecule has 0 aliphatic carbocycles. The third-order valence-corrected chi connectivity index (χ3v) is 9.26. The second-order valence-corrected chi connectivity index (χ2v) is 11.7. The van der Waals surface area contributed by atoms with Gasteiger partial charge >= 0.3 is 0 Å². The minimum absolute atomic E-state index is 0.00747. The van der Waals surface area contributed by atoms with Gasteiger partial charge in [-0.25, -0.2) is 12.8 Å². The minimum atomic E-state index is -3.92. The quantitative estimate of drug-likeness (QED) is 0.496. The zero-order valence-electron chi connectivity index (χ0n) is 20.9. The van der Waals surface area contributed by atoms with Crippen molar-refractivity contribution in [1.29, 1.82) is 0 Å². The standard InChI is InChI=1S/C28H30FN3O5S/c29-23-8-10-25(11-9-23)38(35,36)32-18-22-6-2-1-5-21(22)17-24(32)19-37-20-27(33)31-15-12-28(34,13-16-31)26-7-3-4-14-30-26/h1-11,14,24,34H,12-13,15-20H2. The number of sulfonamides is 1. The van der Waals surface area contributed by atoms with Gasteiger partial charge in [0, 0.05) is 25.8 Å². The molecule has 1 saturated heterocycles. The molecular formula is C28H30FN3O5S. The highest BCUT2D eigenvalue weighted by Gasteiger charge is 2.38. The monoisotopic (exact) mass is 539 g/mol. The van der Waals surface area contributed by atoms with E-state index in [4.69, 9.17) is 4.74 Å². The zero-order valence-corrected chi connectivity index (χ0v) is 21.7. The summed E-state index contributed by atoms with van der Waals surface area (Å²) in [6.45, 7) is 0.751. The lowest BCUT2D eigenvalue weighted by atomic mass is 9.88. The van der Waals surface area contributed by atoms with Gasteiger partial charge in [-0.1, -0.05) is 30.3 Å². The lowest BCUT2D eigenvalue weighted by Gasteiger charge is -2.38. The minimum Gasteiger partial charge on any atom is -0.383 e. The first-order valence-electron chi connectivity index (χ1n) is 12.6. The Balaban J connectivity index is 1.23. The fourth-order valence-corrected chi connectivity index (χ4v) is 6.71. The first-order chi connectivity index (χ1) is 18.3. The molecule has 10 heteroatoms. The number of carbonyl (C=O) groups is 1. The Morgan fingerprint density at radius 2 is 1.71 bits per heavy atom. The molecule has 0 saturated carbocycles. The normalized spacial score (nSPS) is 19.6. The summed E-state index contributed by atoms with van der Waals surface area (Å²) in [5.74, 6) is -0.722. The van der Waals surface area contributed by atoms with Crippen LogP contribution in [0.25, 0.3) is 0 Å². The Kier molecular flexibility index (Phi) is 7.58. The Morgan fingerprint density at radius 1 is 1.03 bits per heavy atom. The van der Waals surface area contributed by atoms with E-state index in [1.165, 1.54) is 16.4 Å². The average molecular weight is 540 g/mol. The number of halogens is 1. The molecule has 2 aliphatic rings. The summed E-state index contributed by atoms with van der Waals surface area (Å²) in [5, 5.41) is 11.0. The molecule has 1 aromatic heterocycles. The number of aliphatic hydroxyl groups is 1. The van der Waals surface area contributed by atoms with Crippen molar-refractivity contribution < 1.29 is 27.4 Å². The molecule has 2 aliphatic heterocycles. The number of rotatable bonds is 7. The second kappa shape index (κ2) is 10.9. The van der Waals surface area contributed by atoms with Crippen LogP contribution in [0.1, 0.15) is 29.7 Å². The van der Waals surface area contributed by atoms with Gasteiger partial charge in [-0.2, -0.15) is 4.31 Å². The number of hydrogen-bond donors (Lipinski definition) is 1. The molecule has 0 spiro atoms. The van der Waals surface area contributed by atoms with Crippen LogP contribution >= 0.6 is 0 Å². The molecule has 8 nitrogen and oxygen atoms in total. The van der Waals surface area contributed by atoms with Crippen molar-refractivity contribution in [2.45, 2.75) is 42.3 Å². The van der Waals surface area contributed by atoms with Crippen molar-refractivity contribution in [2.24, 2.45) is 0 Å². The van der Waals surface area contributed by atoms with Crippen LogP contribution in [-0.2, 0) is 38.1 Å². The first kappa shape index (κ1) is 26.4. The maximum atomic E-state index is 13.5. The van der Waals surface area contributed by atoms with Gasteiger partial charge in [0.15, 0.2) is 0 Å². The van der Waals surface area contributed by atoms with Crippen molar-refractivity contribution in [3.05, 3.63) is 95.6 Å². The van der Waals surface area contributed by atoms with Crippen molar-refractivity contribution in [3.63, 3.8) is 0 Å². The first-order valence-corrected chi connectivity index (χ1v) is 14.0. The van der Waals surface area contributed by atoms with Gasteiger partial charge in [0.05, 0.1) is 23.2 Å². The number of ether oxygens (including phenoxy) is 1. The molecule has 1 fully saturated rings. The average Bonchev–Trinajstić information content (AvgIpc) is 2.93. The number of piperidine rings is 1. The largest absolute Gasteiger partial charge is 0.383 e. The van der Waals surface area contributed by atoms with Crippen molar-refractivity contribution in [2.75, 3.05) is 26.3 Å². The summed E-state index contributed by atoms with van der Waals surface area (Å²) in [6.07, 6.45) is 2.82. The van der Waals surface area contributed by atoms with Gasteiger partial charge in [0.1, 0.15) is 18.0 Å². The second-order valence-electron chi connectivity index (χ2n) is 9.77. The van der Waals surface area contributed by atoms with Gasteiger partial charge in [-0.05, 0) is 66.8 Å². The molecule has 1 amide bonds. The number of aromatic nitrogens is 1. The van der Waals surface area contributed by atoms with Crippen molar-refractivity contribution in [1.82, 2.24) is 14.2 Å². The van der Waals surface area contributed by atoms with Gasteiger partial charge in [0.2, 0.25) is 15.9 Å². The summed E-state index contributed by atoms with van der Waals surface area (Å²) in [7, 11) is -3.92. The number of fused-ring (bicyclic) bond motifs is 1.